The molecule has 0 heterocycles. The van der Waals surface area contributed by atoms with E-state index >= 15 is 0 Å². The Balaban J connectivity index is 2.74. The summed E-state index contributed by atoms with van der Waals surface area (Å²) in [6.45, 7) is -0.0302. The highest BCUT2D eigenvalue weighted by Gasteiger charge is 2.07. The van der Waals surface area contributed by atoms with E-state index in [2.05, 4.69) is 10.1 Å². The maximum Gasteiger partial charge on any atom is 0.337 e. The van der Waals surface area contributed by atoms with Crippen molar-refractivity contribution in [3.05, 3.63) is 35.4 Å². The van der Waals surface area contributed by atoms with E-state index in [0.29, 0.717) is 17.4 Å². The summed E-state index contributed by atoms with van der Waals surface area (Å²) in [5, 5.41) is 2.39. The Bertz CT molecular complexity index is 397. The fraction of sp³-hybridized carbons (Fsp3) is 0.182. The first-order valence-corrected chi connectivity index (χ1v) is 4.59. The molecule has 0 saturated carbocycles. The molecule has 5 heteroatoms. The number of benzene rings is 1. The summed E-state index contributed by atoms with van der Waals surface area (Å²) in [6.07, 6.45) is 0.598. The van der Waals surface area contributed by atoms with Gasteiger partial charge in [0.15, 0.2) is 0 Å². The number of aldehydes is 1. The molecule has 1 aromatic rings. The minimum Gasteiger partial charge on any atom is -0.465 e. The van der Waals surface area contributed by atoms with Crippen LogP contribution >= 0.6 is 0 Å². The molecule has 0 unspecified atom stereocenters. The zero-order chi connectivity index (χ0) is 12.0. The van der Waals surface area contributed by atoms with Crippen molar-refractivity contribution in [1.82, 2.24) is 5.32 Å². The summed E-state index contributed by atoms with van der Waals surface area (Å²) >= 11 is 0. The number of amides is 1. The van der Waals surface area contributed by atoms with Gasteiger partial charge in [0.2, 0.25) is 0 Å². The van der Waals surface area contributed by atoms with E-state index < -0.39 is 5.97 Å². The molecule has 1 rings (SSSR count). The van der Waals surface area contributed by atoms with Crippen LogP contribution in [-0.4, -0.2) is 31.8 Å². The van der Waals surface area contributed by atoms with Gasteiger partial charge < -0.3 is 14.8 Å². The number of methoxy groups -OCH3 is 1. The summed E-state index contributed by atoms with van der Waals surface area (Å²) in [6, 6.07) is 5.96. The van der Waals surface area contributed by atoms with Gasteiger partial charge in [0.1, 0.15) is 6.29 Å². The quantitative estimate of drug-likeness (QED) is 0.590. The molecular formula is C11H11NO4. The van der Waals surface area contributed by atoms with E-state index in [0.717, 1.165) is 0 Å². The van der Waals surface area contributed by atoms with Crippen molar-refractivity contribution >= 4 is 18.2 Å². The minimum absolute atomic E-state index is 0.0302. The SMILES string of the molecule is COC(=O)c1ccc(C(=O)NCC=O)cc1. The number of nitrogens with one attached hydrogen (secondary N) is 1. The first-order valence-electron chi connectivity index (χ1n) is 4.59. The largest absolute Gasteiger partial charge is 0.465 e. The summed E-state index contributed by atoms with van der Waals surface area (Å²) in [7, 11) is 1.28. The topological polar surface area (TPSA) is 72.5 Å². The van der Waals surface area contributed by atoms with Crippen molar-refractivity contribution in [2.45, 2.75) is 0 Å². The van der Waals surface area contributed by atoms with Crippen LogP contribution in [0.25, 0.3) is 0 Å². The highest BCUT2D eigenvalue weighted by atomic mass is 16.5. The molecule has 0 bridgehead atoms. The second-order valence-corrected chi connectivity index (χ2v) is 2.95. The van der Waals surface area contributed by atoms with Crippen LogP contribution in [0.3, 0.4) is 0 Å². The smallest absolute Gasteiger partial charge is 0.337 e. The van der Waals surface area contributed by atoms with Crippen molar-refractivity contribution in [2.75, 3.05) is 13.7 Å². The van der Waals surface area contributed by atoms with Gasteiger partial charge in [-0.2, -0.15) is 0 Å². The molecule has 16 heavy (non-hydrogen) atoms. The molecule has 0 aliphatic rings. The molecule has 1 amide bonds. The second-order valence-electron chi connectivity index (χ2n) is 2.95. The van der Waals surface area contributed by atoms with E-state index in [1.165, 1.54) is 31.4 Å². The third kappa shape index (κ3) is 2.91. The predicted octanol–water partition coefficient (Wildman–Crippen LogP) is 0.402. The van der Waals surface area contributed by atoms with Crippen LogP contribution in [0.2, 0.25) is 0 Å². The lowest BCUT2D eigenvalue weighted by Gasteiger charge is -2.02. The Hall–Kier alpha value is -2.17. The van der Waals surface area contributed by atoms with E-state index in [9.17, 15) is 14.4 Å². The molecule has 0 aliphatic carbocycles. The number of carbonyl (C=O) groups is 3. The number of carbonyl (C=O) groups excluding carboxylic acids is 3. The molecule has 0 saturated heterocycles. The monoisotopic (exact) mass is 221 g/mol. The Morgan fingerprint density at radius 1 is 1.25 bits per heavy atom. The Morgan fingerprint density at radius 2 is 1.81 bits per heavy atom. The molecule has 0 atom stereocenters. The molecular weight excluding hydrogens is 210 g/mol. The summed E-state index contributed by atoms with van der Waals surface area (Å²) in [5.74, 6) is -0.816. The first kappa shape index (κ1) is 11.9. The lowest BCUT2D eigenvalue weighted by molar-refractivity contribution is -0.107. The maximum atomic E-state index is 11.4. The molecule has 0 radical (unpaired) electrons. The molecule has 0 aliphatic heterocycles. The first-order chi connectivity index (χ1) is 7.69. The number of hydrogen-bond donors (Lipinski definition) is 1. The normalized spacial score (nSPS) is 9.31. The van der Waals surface area contributed by atoms with Crippen LogP contribution in [0.15, 0.2) is 24.3 Å². The van der Waals surface area contributed by atoms with Gasteiger partial charge in [-0.3, -0.25) is 4.79 Å². The number of esters is 1. The average Bonchev–Trinajstić information content (AvgIpc) is 2.35. The van der Waals surface area contributed by atoms with E-state index in [1.807, 2.05) is 0 Å². The van der Waals surface area contributed by atoms with Crippen LogP contribution in [0.4, 0.5) is 0 Å². The Morgan fingerprint density at radius 3 is 2.31 bits per heavy atom. The van der Waals surface area contributed by atoms with Crippen LogP contribution in [0.5, 0.6) is 0 Å². The Kier molecular flexibility index (Phi) is 4.20. The lowest BCUT2D eigenvalue weighted by Crippen LogP contribution is -2.25. The second kappa shape index (κ2) is 5.65. The average molecular weight is 221 g/mol. The zero-order valence-corrected chi connectivity index (χ0v) is 8.73. The number of rotatable bonds is 4. The van der Waals surface area contributed by atoms with Crippen LogP contribution in [0, 0.1) is 0 Å². The minimum atomic E-state index is -0.458. The summed E-state index contributed by atoms with van der Waals surface area (Å²) in [4.78, 5) is 32.5. The fourth-order valence-corrected chi connectivity index (χ4v) is 1.11. The van der Waals surface area contributed by atoms with Crippen molar-refractivity contribution in [1.29, 1.82) is 0 Å². The maximum absolute atomic E-state index is 11.4. The molecule has 84 valence electrons. The van der Waals surface area contributed by atoms with Crippen LogP contribution in [-0.2, 0) is 9.53 Å². The highest BCUT2D eigenvalue weighted by molar-refractivity contribution is 5.96. The number of hydrogen-bond acceptors (Lipinski definition) is 4. The van der Waals surface area contributed by atoms with Gasteiger partial charge in [-0.15, -0.1) is 0 Å². The molecule has 0 spiro atoms. The summed E-state index contributed by atoms with van der Waals surface area (Å²) < 4.78 is 4.52. The molecule has 1 N–H and O–H groups in total. The summed E-state index contributed by atoms with van der Waals surface area (Å²) in [5.41, 5.74) is 0.754. The van der Waals surface area contributed by atoms with Crippen molar-refractivity contribution in [3.8, 4) is 0 Å². The molecule has 0 aromatic heterocycles. The molecule has 1 aromatic carbocycles. The van der Waals surface area contributed by atoms with E-state index in [4.69, 9.17) is 0 Å². The molecule has 0 fully saturated rings. The van der Waals surface area contributed by atoms with Crippen molar-refractivity contribution < 1.29 is 19.1 Å². The fourth-order valence-electron chi connectivity index (χ4n) is 1.11. The zero-order valence-electron chi connectivity index (χ0n) is 8.73. The van der Waals surface area contributed by atoms with Gasteiger partial charge in [0, 0.05) is 5.56 Å². The third-order valence-corrected chi connectivity index (χ3v) is 1.91. The van der Waals surface area contributed by atoms with Gasteiger partial charge >= 0.3 is 5.97 Å². The molecule has 5 nitrogen and oxygen atoms in total. The van der Waals surface area contributed by atoms with Gasteiger partial charge in [0.25, 0.3) is 5.91 Å². The lowest BCUT2D eigenvalue weighted by atomic mass is 10.1. The van der Waals surface area contributed by atoms with Gasteiger partial charge in [0.05, 0.1) is 19.2 Å². The third-order valence-electron chi connectivity index (χ3n) is 1.91. The predicted molar refractivity (Wildman–Crippen MR) is 56.2 cm³/mol. The van der Waals surface area contributed by atoms with Crippen molar-refractivity contribution in [3.63, 3.8) is 0 Å². The number of ether oxygens (including phenoxy) is 1. The van der Waals surface area contributed by atoms with E-state index in [1.54, 1.807) is 0 Å². The Labute approximate surface area is 92.4 Å². The van der Waals surface area contributed by atoms with Crippen LogP contribution < -0.4 is 5.32 Å². The highest BCUT2D eigenvalue weighted by Crippen LogP contribution is 2.05. The van der Waals surface area contributed by atoms with Crippen molar-refractivity contribution in [2.24, 2.45) is 0 Å². The van der Waals surface area contributed by atoms with Gasteiger partial charge in [-0.25, -0.2) is 4.79 Å². The van der Waals surface area contributed by atoms with Gasteiger partial charge in [-0.1, -0.05) is 0 Å². The van der Waals surface area contributed by atoms with Crippen LogP contribution in [0.1, 0.15) is 20.7 Å². The van der Waals surface area contributed by atoms with E-state index in [-0.39, 0.29) is 12.5 Å². The van der Waals surface area contributed by atoms with Gasteiger partial charge in [-0.05, 0) is 24.3 Å². The standard InChI is InChI=1S/C11H11NO4/c1-16-11(15)9-4-2-8(3-5-9)10(14)12-6-7-13/h2-5,7H,6H2,1H3,(H,12,14).